The summed E-state index contributed by atoms with van der Waals surface area (Å²) in [5.41, 5.74) is -2.29. The first-order chi connectivity index (χ1) is 17.5. The molecule has 0 spiro atoms. The lowest BCUT2D eigenvalue weighted by atomic mass is 9.80. The van der Waals surface area contributed by atoms with Crippen molar-refractivity contribution in [1.29, 1.82) is 0 Å². The van der Waals surface area contributed by atoms with Crippen LogP contribution in [0.15, 0.2) is 12.7 Å². The Kier molecular flexibility index (Phi) is 12.1. The number of rotatable bonds is 9. The second-order valence-corrected chi connectivity index (χ2v) is 11.0. The molecule has 12 nitrogen and oxygen atoms in total. The number of alkyl carbamates (subject to hydrolysis) is 1. The van der Waals surface area contributed by atoms with Crippen LogP contribution in [-0.4, -0.2) is 83.8 Å². The first-order valence-corrected chi connectivity index (χ1v) is 13.0. The molecular formula is C26H45N5O7. The van der Waals surface area contributed by atoms with Gasteiger partial charge in [0.2, 0.25) is 17.7 Å². The topological polar surface area (TPSA) is 155 Å². The zero-order chi connectivity index (χ0) is 29.3. The summed E-state index contributed by atoms with van der Waals surface area (Å²) in [6.07, 6.45) is 0.682. The number of ether oxygens (including phenoxy) is 2. The molecule has 1 aliphatic heterocycles. The molecule has 38 heavy (non-hydrogen) atoms. The van der Waals surface area contributed by atoms with Gasteiger partial charge in [-0.2, -0.15) is 0 Å². The molecule has 0 saturated carbocycles. The SMILES string of the molecule is C=CCOC(=O)N1CCC[C@@](NC(=O)OC(C)(C)C)(C(=O)N[C@@H](C)C(=O)N[C@@H](C)C(=O)NC(C)C)[C@H](C)C1. The highest BCUT2D eigenvalue weighted by molar-refractivity contribution is 5.95. The van der Waals surface area contributed by atoms with Gasteiger partial charge in [0.25, 0.3) is 0 Å². The van der Waals surface area contributed by atoms with Crippen LogP contribution in [0.2, 0.25) is 0 Å². The zero-order valence-corrected chi connectivity index (χ0v) is 23.9. The van der Waals surface area contributed by atoms with Crippen LogP contribution in [0.25, 0.3) is 0 Å². The van der Waals surface area contributed by atoms with Gasteiger partial charge < -0.3 is 35.6 Å². The highest BCUT2D eigenvalue weighted by Crippen LogP contribution is 2.29. The van der Waals surface area contributed by atoms with E-state index in [1.807, 2.05) is 0 Å². The van der Waals surface area contributed by atoms with Crippen molar-refractivity contribution in [3.05, 3.63) is 12.7 Å². The van der Waals surface area contributed by atoms with E-state index in [-0.39, 0.29) is 31.5 Å². The van der Waals surface area contributed by atoms with Crippen molar-refractivity contribution in [3.63, 3.8) is 0 Å². The largest absolute Gasteiger partial charge is 0.445 e. The third kappa shape index (κ3) is 9.86. The van der Waals surface area contributed by atoms with E-state index in [1.165, 1.54) is 17.9 Å². The highest BCUT2D eigenvalue weighted by atomic mass is 16.6. The Morgan fingerprint density at radius 2 is 1.61 bits per heavy atom. The monoisotopic (exact) mass is 539 g/mol. The van der Waals surface area contributed by atoms with E-state index < -0.39 is 53.1 Å². The summed E-state index contributed by atoms with van der Waals surface area (Å²) in [5.74, 6) is -2.08. The zero-order valence-electron chi connectivity index (χ0n) is 23.9. The highest BCUT2D eigenvalue weighted by Gasteiger charge is 2.48. The van der Waals surface area contributed by atoms with Gasteiger partial charge in [0.15, 0.2) is 0 Å². The molecule has 0 radical (unpaired) electrons. The minimum absolute atomic E-state index is 0.0474. The van der Waals surface area contributed by atoms with Crippen molar-refractivity contribution in [2.24, 2.45) is 5.92 Å². The van der Waals surface area contributed by atoms with E-state index in [9.17, 15) is 24.0 Å². The maximum Gasteiger partial charge on any atom is 0.410 e. The molecule has 0 aromatic heterocycles. The summed E-state index contributed by atoms with van der Waals surface area (Å²) in [6, 6.07) is -1.92. The normalized spacial score (nSPS) is 21.3. The number of hydrogen-bond donors (Lipinski definition) is 4. The standard InChI is InChI=1S/C26H45N5O7/c1-10-14-37-24(36)31-13-11-12-26(17(4)15-31,30-23(35)38-25(7,8)9)22(34)29-19(6)21(33)28-18(5)20(32)27-16(2)3/h10,16-19H,1,11-15H2,2-9H3,(H,27,32)(H,28,33)(H,29,34)(H,30,35)/t17-,18+,19+,26+/m1/s1. The van der Waals surface area contributed by atoms with E-state index >= 15 is 0 Å². The van der Waals surface area contributed by atoms with Gasteiger partial charge >= 0.3 is 12.2 Å². The molecule has 0 aliphatic carbocycles. The number of hydrogen-bond acceptors (Lipinski definition) is 7. The quantitative estimate of drug-likeness (QED) is 0.326. The molecule has 12 heteroatoms. The van der Waals surface area contributed by atoms with Crippen LogP contribution in [-0.2, 0) is 23.9 Å². The summed E-state index contributed by atoms with van der Waals surface area (Å²) < 4.78 is 10.6. The van der Waals surface area contributed by atoms with Crippen molar-refractivity contribution < 1.29 is 33.4 Å². The molecule has 4 N–H and O–H groups in total. The van der Waals surface area contributed by atoms with Gasteiger partial charge in [-0.3, -0.25) is 14.4 Å². The Labute approximate surface area is 225 Å². The molecule has 216 valence electrons. The van der Waals surface area contributed by atoms with Gasteiger partial charge in [0.05, 0.1) is 0 Å². The van der Waals surface area contributed by atoms with Gasteiger partial charge in [0, 0.05) is 25.0 Å². The Balaban J connectivity index is 3.13. The fraction of sp³-hybridized carbons (Fsp3) is 0.731. The number of carbonyl (C=O) groups excluding carboxylic acids is 5. The lowest BCUT2D eigenvalue weighted by Gasteiger charge is -2.38. The molecule has 0 unspecified atom stereocenters. The average molecular weight is 540 g/mol. The molecule has 4 atom stereocenters. The van der Waals surface area contributed by atoms with E-state index in [4.69, 9.17) is 9.47 Å². The van der Waals surface area contributed by atoms with E-state index in [0.29, 0.717) is 13.0 Å². The fourth-order valence-corrected chi connectivity index (χ4v) is 4.03. The van der Waals surface area contributed by atoms with Crippen LogP contribution >= 0.6 is 0 Å². The molecule has 5 amide bonds. The molecule has 1 fully saturated rings. The molecule has 0 aromatic rings. The van der Waals surface area contributed by atoms with Gasteiger partial charge in [-0.25, -0.2) is 9.59 Å². The number of nitrogens with zero attached hydrogens (tertiary/aromatic N) is 1. The summed E-state index contributed by atoms with van der Waals surface area (Å²) in [6.45, 7) is 17.5. The first-order valence-electron chi connectivity index (χ1n) is 13.0. The fourth-order valence-electron chi connectivity index (χ4n) is 4.03. The van der Waals surface area contributed by atoms with E-state index in [0.717, 1.165) is 0 Å². The van der Waals surface area contributed by atoms with Crippen molar-refractivity contribution in [2.45, 2.75) is 97.5 Å². The molecule has 1 aliphatic rings. The van der Waals surface area contributed by atoms with Crippen LogP contribution in [0.5, 0.6) is 0 Å². The van der Waals surface area contributed by atoms with Crippen LogP contribution in [0.4, 0.5) is 9.59 Å². The van der Waals surface area contributed by atoms with E-state index in [2.05, 4.69) is 27.8 Å². The molecule has 0 bridgehead atoms. The number of likely N-dealkylation sites (tertiary alicyclic amines) is 1. The molecule has 1 saturated heterocycles. The first kappa shape index (κ1) is 32.7. The molecular weight excluding hydrogens is 494 g/mol. The molecule has 1 rings (SSSR count). The predicted molar refractivity (Wildman–Crippen MR) is 142 cm³/mol. The van der Waals surface area contributed by atoms with Gasteiger partial charge in [-0.05, 0) is 61.3 Å². The van der Waals surface area contributed by atoms with E-state index in [1.54, 1.807) is 48.5 Å². The lowest BCUT2D eigenvalue weighted by Crippen LogP contribution is -2.66. The molecule has 0 aromatic carbocycles. The maximum atomic E-state index is 13.7. The smallest absolute Gasteiger partial charge is 0.410 e. The van der Waals surface area contributed by atoms with Crippen LogP contribution in [0.3, 0.4) is 0 Å². The minimum Gasteiger partial charge on any atom is -0.445 e. The van der Waals surface area contributed by atoms with Crippen molar-refractivity contribution >= 4 is 29.9 Å². The number of amides is 5. The van der Waals surface area contributed by atoms with Crippen LogP contribution in [0, 0.1) is 5.92 Å². The Bertz CT molecular complexity index is 886. The Morgan fingerprint density at radius 1 is 1.03 bits per heavy atom. The van der Waals surface area contributed by atoms with Crippen molar-refractivity contribution in [1.82, 2.24) is 26.2 Å². The average Bonchev–Trinajstić information content (AvgIpc) is 2.94. The summed E-state index contributed by atoms with van der Waals surface area (Å²) in [7, 11) is 0. The third-order valence-corrected chi connectivity index (χ3v) is 5.97. The predicted octanol–water partition coefficient (Wildman–Crippen LogP) is 1.84. The Hall–Kier alpha value is -3.31. The molecule has 1 heterocycles. The second kappa shape index (κ2) is 14.0. The third-order valence-electron chi connectivity index (χ3n) is 5.97. The second-order valence-electron chi connectivity index (χ2n) is 11.0. The van der Waals surface area contributed by atoms with Crippen molar-refractivity contribution in [2.75, 3.05) is 19.7 Å². The Morgan fingerprint density at radius 3 is 2.16 bits per heavy atom. The van der Waals surface area contributed by atoms with Crippen LogP contribution in [0.1, 0.15) is 68.2 Å². The summed E-state index contributed by atoms with van der Waals surface area (Å²) >= 11 is 0. The van der Waals surface area contributed by atoms with Gasteiger partial charge in [-0.15, -0.1) is 0 Å². The summed E-state index contributed by atoms with van der Waals surface area (Å²) in [5, 5.41) is 10.7. The number of carbonyl (C=O) groups is 5. The maximum absolute atomic E-state index is 13.7. The van der Waals surface area contributed by atoms with Crippen molar-refractivity contribution in [3.8, 4) is 0 Å². The summed E-state index contributed by atoms with van der Waals surface area (Å²) in [4.78, 5) is 65.5. The van der Waals surface area contributed by atoms with Gasteiger partial charge in [-0.1, -0.05) is 19.6 Å². The number of nitrogens with one attached hydrogen (secondary N) is 4. The minimum atomic E-state index is -1.48. The lowest BCUT2D eigenvalue weighted by molar-refractivity contribution is -0.135. The van der Waals surface area contributed by atoms with Gasteiger partial charge in [0.1, 0.15) is 29.8 Å². The van der Waals surface area contributed by atoms with Crippen LogP contribution < -0.4 is 21.3 Å².